The second-order valence-corrected chi connectivity index (χ2v) is 9.20. The van der Waals surface area contributed by atoms with E-state index in [4.69, 9.17) is 4.42 Å². The van der Waals surface area contributed by atoms with Crippen LogP contribution in [0.3, 0.4) is 0 Å². The summed E-state index contributed by atoms with van der Waals surface area (Å²) in [6.07, 6.45) is 4.34. The Labute approximate surface area is 171 Å². The number of hydrogen-bond acceptors (Lipinski definition) is 5. The van der Waals surface area contributed by atoms with Gasteiger partial charge in [-0.05, 0) is 51.2 Å². The molecule has 1 aliphatic heterocycles. The molecule has 0 bridgehead atoms. The molecule has 2 aromatic rings. The number of nitrogens with zero attached hydrogens (tertiary/aromatic N) is 2. The summed E-state index contributed by atoms with van der Waals surface area (Å²) < 4.78 is 33.0. The van der Waals surface area contributed by atoms with E-state index in [2.05, 4.69) is 10.6 Å². The van der Waals surface area contributed by atoms with Gasteiger partial charge in [-0.15, -0.1) is 0 Å². The molecule has 2 amide bonds. The SMILES string of the molecule is CN(C)C(CNC(=O)Nc1ccccc1S(=O)(=O)N1CCCCC1)c1ccco1. The number of piperidine rings is 1. The van der Waals surface area contributed by atoms with E-state index in [9.17, 15) is 13.2 Å². The minimum absolute atomic E-state index is 0.118. The van der Waals surface area contributed by atoms with Gasteiger partial charge in [-0.3, -0.25) is 4.90 Å². The highest BCUT2D eigenvalue weighted by atomic mass is 32.2. The van der Waals surface area contributed by atoms with Gasteiger partial charge >= 0.3 is 6.03 Å². The Morgan fingerprint density at radius 1 is 1.14 bits per heavy atom. The third kappa shape index (κ3) is 5.17. The van der Waals surface area contributed by atoms with Gasteiger partial charge in [0.25, 0.3) is 0 Å². The molecular weight excluding hydrogens is 392 g/mol. The molecule has 1 atom stereocenters. The van der Waals surface area contributed by atoms with Crippen molar-refractivity contribution < 1.29 is 17.6 Å². The summed E-state index contributed by atoms with van der Waals surface area (Å²) in [5, 5.41) is 5.49. The molecule has 1 fully saturated rings. The molecule has 29 heavy (non-hydrogen) atoms. The van der Waals surface area contributed by atoms with Crippen LogP contribution in [-0.4, -0.2) is 57.4 Å². The zero-order valence-electron chi connectivity index (χ0n) is 16.8. The fourth-order valence-electron chi connectivity index (χ4n) is 3.41. The van der Waals surface area contributed by atoms with Crippen LogP contribution in [0.25, 0.3) is 0 Å². The minimum atomic E-state index is -3.65. The van der Waals surface area contributed by atoms with Gasteiger partial charge < -0.3 is 15.1 Å². The van der Waals surface area contributed by atoms with Crippen LogP contribution in [-0.2, 0) is 10.0 Å². The van der Waals surface area contributed by atoms with Crippen molar-refractivity contribution in [3.63, 3.8) is 0 Å². The molecule has 0 saturated carbocycles. The number of para-hydroxylation sites is 1. The molecule has 2 N–H and O–H groups in total. The van der Waals surface area contributed by atoms with Gasteiger partial charge in [-0.25, -0.2) is 13.2 Å². The lowest BCUT2D eigenvalue weighted by molar-refractivity contribution is 0.233. The molecule has 0 aliphatic carbocycles. The van der Waals surface area contributed by atoms with Crippen LogP contribution in [0.1, 0.15) is 31.1 Å². The third-order valence-corrected chi connectivity index (χ3v) is 6.98. The van der Waals surface area contributed by atoms with Gasteiger partial charge in [0.15, 0.2) is 0 Å². The monoisotopic (exact) mass is 420 g/mol. The molecule has 0 spiro atoms. The van der Waals surface area contributed by atoms with Gasteiger partial charge in [0.1, 0.15) is 10.7 Å². The summed E-state index contributed by atoms with van der Waals surface area (Å²) >= 11 is 0. The van der Waals surface area contributed by atoms with Crippen LogP contribution in [0.15, 0.2) is 52.0 Å². The fourth-order valence-corrected chi connectivity index (χ4v) is 5.08. The Bertz CT molecular complexity index is 906. The van der Waals surface area contributed by atoms with E-state index in [1.54, 1.807) is 30.5 Å². The maximum absolute atomic E-state index is 13.0. The van der Waals surface area contributed by atoms with Crippen LogP contribution in [0.4, 0.5) is 10.5 Å². The number of amides is 2. The van der Waals surface area contributed by atoms with Crippen molar-refractivity contribution in [2.45, 2.75) is 30.2 Å². The first-order valence-corrected chi connectivity index (χ1v) is 11.2. The molecule has 1 aromatic heterocycles. The number of benzene rings is 1. The lowest BCUT2D eigenvalue weighted by Gasteiger charge is -2.27. The Hall–Kier alpha value is -2.36. The van der Waals surface area contributed by atoms with Crippen LogP contribution in [0.2, 0.25) is 0 Å². The van der Waals surface area contributed by atoms with Crippen molar-refractivity contribution in [1.29, 1.82) is 0 Å². The Morgan fingerprint density at radius 3 is 2.52 bits per heavy atom. The zero-order valence-corrected chi connectivity index (χ0v) is 17.6. The second-order valence-electron chi connectivity index (χ2n) is 7.29. The highest BCUT2D eigenvalue weighted by molar-refractivity contribution is 7.89. The van der Waals surface area contributed by atoms with E-state index in [-0.39, 0.29) is 16.6 Å². The molecule has 3 rings (SSSR count). The number of rotatable bonds is 7. The smallest absolute Gasteiger partial charge is 0.319 e. The summed E-state index contributed by atoms with van der Waals surface area (Å²) in [4.78, 5) is 14.5. The van der Waals surface area contributed by atoms with Gasteiger partial charge in [0.05, 0.1) is 18.0 Å². The summed E-state index contributed by atoms with van der Waals surface area (Å²) in [5.74, 6) is 0.739. The van der Waals surface area contributed by atoms with Gasteiger partial charge in [0.2, 0.25) is 10.0 Å². The van der Waals surface area contributed by atoms with Gasteiger partial charge in [-0.1, -0.05) is 18.6 Å². The first kappa shape index (κ1) is 21.4. The second kappa shape index (κ2) is 9.43. The minimum Gasteiger partial charge on any atom is -0.468 e. The number of hydrogen-bond donors (Lipinski definition) is 2. The first-order chi connectivity index (χ1) is 13.9. The number of carbonyl (C=O) groups is 1. The van der Waals surface area contributed by atoms with E-state index in [0.717, 1.165) is 25.0 Å². The lowest BCUT2D eigenvalue weighted by atomic mass is 10.2. The van der Waals surface area contributed by atoms with Gasteiger partial charge in [0, 0.05) is 19.6 Å². The molecular formula is C20H28N4O4S. The number of furan rings is 1. The quantitative estimate of drug-likeness (QED) is 0.718. The predicted octanol–water partition coefficient (Wildman–Crippen LogP) is 2.88. The zero-order chi connectivity index (χ0) is 20.9. The molecule has 1 saturated heterocycles. The number of urea groups is 1. The molecule has 158 valence electrons. The molecule has 9 heteroatoms. The number of sulfonamides is 1. The highest BCUT2D eigenvalue weighted by Crippen LogP contribution is 2.27. The number of nitrogens with one attached hydrogen (secondary N) is 2. The maximum Gasteiger partial charge on any atom is 0.319 e. The molecule has 1 aliphatic rings. The lowest BCUT2D eigenvalue weighted by Crippen LogP contribution is -2.38. The Kier molecular flexibility index (Phi) is 6.94. The van der Waals surface area contributed by atoms with Crippen molar-refractivity contribution in [3.05, 3.63) is 48.4 Å². The number of likely N-dealkylation sites (N-methyl/N-ethyl adjacent to an activating group) is 1. The predicted molar refractivity (Wildman–Crippen MR) is 111 cm³/mol. The molecule has 2 heterocycles. The van der Waals surface area contributed by atoms with Crippen molar-refractivity contribution in [2.75, 3.05) is 39.0 Å². The number of anilines is 1. The van der Waals surface area contributed by atoms with Crippen LogP contribution >= 0.6 is 0 Å². The molecule has 0 radical (unpaired) electrons. The largest absolute Gasteiger partial charge is 0.468 e. The summed E-state index contributed by atoms with van der Waals surface area (Å²) in [5.41, 5.74) is 0.273. The van der Waals surface area contributed by atoms with Crippen molar-refractivity contribution in [2.24, 2.45) is 0 Å². The Morgan fingerprint density at radius 2 is 1.86 bits per heavy atom. The van der Waals surface area contributed by atoms with Crippen LogP contribution < -0.4 is 10.6 Å². The average molecular weight is 421 g/mol. The van der Waals surface area contributed by atoms with E-state index in [1.807, 2.05) is 25.1 Å². The van der Waals surface area contributed by atoms with E-state index < -0.39 is 16.1 Å². The first-order valence-electron chi connectivity index (χ1n) is 9.73. The van der Waals surface area contributed by atoms with Gasteiger partial charge in [-0.2, -0.15) is 4.31 Å². The van der Waals surface area contributed by atoms with Crippen LogP contribution in [0.5, 0.6) is 0 Å². The highest BCUT2D eigenvalue weighted by Gasteiger charge is 2.28. The average Bonchev–Trinajstić information content (AvgIpc) is 3.23. The van der Waals surface area contributed by atoms with E-state index in [1.165, 1.54) is 10.4 Å². The van der Waals surface area contributed by atoms with Crippen molar-refractivity contribution in [1.82, 2.24) is 14.5 Å². The third-order valence-electron chi connectivity index (χ3n) is 5.02. The van der Waals surface area contributed by atoms with E-state index in [0.29, 0.717) is 19.6 Å². The van der Waals surface area contributed by atoms with Crippen molar-refractivity contribution >= 4 is 21.7 Å². The fraction of sp³-hybridized carbons (Fsp3) is 0.450. The van der Waals surface area contributed by atoms with Crippen molar-refractivity contribution in [3.8, 4) is 0 Å². The summed E-state index contributed by atoms with van der Waals surface area (Å²) in [7, 11) is 0.141. The summed E-state index contributed by atoms with van der Waals surface area (Å²) in [6, 6.07) is 9.55. The number of carbonyl (C=O) groups excluding carboxylic acids is 1. The molecule has 8 nitrogen and oxygen atoms in total. The standard InChI is InChI=1S/C20H28N4O4S/c1-23(2)17(18-10-8-14-28-18)15-21-20(25)22-16-9-4-5-11-19(16)29(26,27)24-12-6-3-7-13-24/h4-5,8-11,14,17H,3,6-7,12-13,15H2,1-2H3,(H2,21,22,25). The molecule has 1 unspecified atom stereocenters. The van der Waals surface area contributed by atoms with Crippen LogP contribution in [0, 0.1) is 0 Å². The normalized spacial score (nSPS) is 16.5. The topological polar surface area (TPSA) is 94.9 Å². The van der Waals surface area contributed by atoms with E-state index >= 15 is 0 Å². The summed E-state index contributed by atoms with van der Waals surface area (Å²) in [6.45, 7) is 1.33. The maximum atomic E-state index is 13.0. The molecule has 1 aromatic carbocycles. The Balaban J connectivity index is 1.69.